The molecule has 150 valence electrons. The molecule has 0 unspecified atom stereocenters. The van der Waals surface area contributed by atoms with Gasteiger partial charge in [-0.3, -0.25) is 4.79 Å². The smallest absolute Gasteiger partial charge is 0.216 e. The van der Waals surface area contributed by atoms with E-state index in [1.165, 1.54) is 18.4 Å². The van der Waals surface area contributed by atoms with E-state index in [0.29, 0.717) is 35.6 Å². The average molecular weight is 382 g/mol. The molecule has 0 amide bonds. The molecule has 1 aliphatic carbocycles. The molecule has 5 heteroatoms. The Labute approximate surface area is 167 Å². The van der Waals surface area contributed by atoms with Gasteiger partial charge in [0.1, 0.15) is 5.82 Å². The van der Waals surface area contributed by atoms with E-state index in [1.54, 1.807) is 25.4 Å². The quantitative estimate of drug-likeness (QED) is 0.687. The minimum absolute atomic E-state index is 0.177. The van der Waals surface area contributed by atoms with Gasteiger partial charge in [-0.2, -0.15) is 0 Å². The lowest BCUT2D eigenvalue weighted by atomic mass is 9.71. The Morgan fingerprint density at radius 2 is 1.96 bits per heavy atom. The van der Waals surface area contributed by atoms with E-state index in [0.717, 1.165) is 30.7 Å². The highest BCUT2D eigenvalue weighted by atomic mass is 16.5. The molecule has 1 saturated carbocycles. The first-order valence-electron chi connectivity index (χ1n) is 10.3. The number of aromatic nitrogens is 2. The van der Waals surface area contributed by atoms with Crippen molar-refractivity contribution in [2.75, 3.05) is 12.8 Å². The summed E-state index contributed by atoms with van der Waals surface area (Å²) in [6, 6.07) is 5.62. The number of ketones is 1. The topological polar surface area (TPSA) is 78.1 Å². The van der Waals surface area contributed by atoms with Crippen molar-refractivity contribution in [2.45, 2.75) is 58.3 Å². The first-order chi connectivity index (χ1) is 13.5. The second kappa shape index (κ2) is 9.18. The van der Waals surface area contributed by atoms with E-state index in [4.69, 9.17) is 10.5 Å². The van der Waals surface area contributed by atoms with E-state index in [9.17, 15) is 4.79 Å². The molecule has 0 spiro atoms. The number of carbonyl (C=O) groups is 1. The summed E-state index contributed by atoms with van der Waals surface area (Å²) in [6.07, 6.45) is 9.73. The molecule has 0 aromatic carbocycles. The normalized spacial score (nSPS) is 20.5. The van der Waals surface area contributed by atoms with Crippen molar-refractivity contribution in [1.82, 2.24) is 9.97 Å². The second-order valence-corrected chi connectivity index (χ2v) is 7.91. The first kappa shape index (κ1) is 20.3. The Bertz CT molecular complexity index is 796. The van der Waals surface area contributed by atoms with Gasteiger partial charge in [-0.15, -0.1) is 0 Å². The number of hydrogen-bond acceptors (Lipinski definition) is 5. The maximum absolute atomic E-state index is 12.7. The number of rotatable bonds is 7. The van der Waals surface area contributed by atoms with Crippen molar-refractivity contribution >= 4 is 11.6 Å². The van der Waals surface area contributed by atoms with Gasteiger partial charge in [-0.25, -0.2) is 9.97 Å². The third-order valence-electron chi connectivity index (χ3n) is 6.35. The van der Waals surface area contributed by atoms with Crippen LogP contribution in [-0.4, -0.2) is 22.9 Å². The van der Waals surface area contributed by atoms with E-state index in [-0.39, 0.29) is 5.78 Å². The van der Waals surface area contributed by atoms with E-state index < -0.39 is 0 Å². The molecule has 3 rings (SSSR count). The molecule has 2 N–H and O–H groups in total. The van der Waals surface area contributed by atoms with Crippen LogP contribution in [0.25, 0.3) is 0 Å². The Morgan fingerprint density at radius 3 is 2.57 bits per heavy atom. The maximum atomic E-state index is 12.7. The number of methoxy groups -OCH3 is 1. The molecule has 1 atom stereocenters. The maximum Gasteiger partial charge on any atom is 0.216 e. The van der Waals surface area contributed by atoms with Crippen LogP contribution in [0.2, 0.25) is 0 Å². The van der Waals surface area contributed by atoms with Crippen molar-refractivity contribution in [3.05, 3.63) is 47.3 Å². The van der Waals surface area contributed by atoms with Crippen LogP contribution in [0.1, 0.15) is 72.9 Å². The van der Waals surface area contributed by atoms with Gasteiger partial charge in [0, 0.05) is 29.9 Å². The van der Waals surface area contributed by atoms with Gasteiger partial charge in [-0.05, 0) is 74.1 Å². The van der Waals surface area contributed by atoms with Crippen LogP contribution in [0.4, 0.5) is 5.82 Å². The van der Waals surface area contributed by atoms with Gasteiger partial charge >= 0.3 is 0 Å². The zero-order valence-electron chi connectivity index (χ0n) is 17.1. The monoisotopic (exact) mass is 381 g/mol. The number of Topliss-reactive ketones (excluding diaryl/α,β-unsaturated/α-hetero) is 1. The molecular weight excluding hydrogens is 350 g/mol. The molecule has 28 heavy (non-hydrogen) atoms. The lowest BCUT2D eigenvalue weighted by Gasteiger charge is -2.34. The van der Waals surface area contributed by atoms with Gasteiger partial charge in [0.25, 0.3) is 0 Å². The van der Waals surface area contributed by atoms with E-state index >= 15 is 0 Å². The molecule has 2 aromatic heterocycles. The summed E-state index contributed by atoms with van der Waals surface area (Å²) in [4.78, 5) is 21.0. The summed E-state index contributed by atoms with van der Waals surface area (Å²) < 4.78 is 5.38. The highest BCUT2D eigenvalue weighted by Crippen LogP contribution is 2.42. The molecule has 0 saturated heterocycles. The van der Waals surface area contributed by atoms with E-state index in [1.807, 2.05) is 6.20 Å². The Kier molecular flexibility index (Phi) is 6.65. The van der Waals surface area contributed by atoms with Gasteiger partial charge in [0.05, 0.1) is 7.11 Å². The SMILES string of the molecule is CC[C@@H](CC(=O)c1ccc(N)nc1)C1CCC(c2ccnc(OC)c2C)CC1. The summed E-state index contributed by atoms with van der Waals surface area (Å²) in [5.41, 5.74) is 8.82. The summed E-state index contributed by atoms with van der Waals surface area (Å²) in [7, 11) is 1.68. The molecule has 2 heterocycles. The van der Waals surface area contributed by atoms with Crippen LogP contribution in [-0.2, 0) is 0 Å². The lowest BCUT2D eigenvalue weighted by molar-refractivity contribution is 0.0925. The minimum Gasteiger partial charge on any atom is -0.481 e. The molecule has 0 aliphatic heterocycles. The Hall–Kier alpha value is -2.43. The van der Waals surface area contributed by atoms with Crippen molar-refractivity contribution < 1.29 is 9.53 Å². The fourth-order valence-corrected chi connectivity index (χ4v) is 4.65. The first-order valence-corrected chi connectivity index (χ1v) is 10.3. The molecule has 1 aliphatic rings. The second-order valence-electron chi connectivity index (χ2n) is 7.91. The summed E-state index contributed by atoms with van der Waals surface area (Å²) in [5, 5.41) is 0. The number of anilines is 1. The molecular formula is C23H31N3O2. The average Bonchev–Trinajstić information content (AvgIpc) is 2.73. The number of nitrogens with zero attached hydrogens (tertiary/aromatic N) is 2. The largest absolute Gasteiger partial charge is 0.481 e. The third kappa shape index (κ3) is 4.51. The molecule has 5 nitrogen and oxygen atoms in total. The minimum atomic E-state index is 0.177. The van der Waals surface area contributed by atoms with Crippen LogP contribution in [0.3, 0.4) is 0 Å². The summed E-state index contributed by atoms with van der Waals surface area (Å²) >= 11 is 0. The fraction of sp³-hybridized carbons (Fsp3) is 0.522. The van der Waals surface area contributed by atoms with Gasteiger partial charge in [0.2, 0.25) is 5.88 Å². The number of hydrogen-bond donors (Lipinski definition) is 1. The zero-order chi connectivity index (χ0) is 20.1. The predicted molar refractivity (Wildman–Crippen MR) is 112 cm³/mol. The summed E-state index contributed by atoms with van der Waals surface area (Å²) in [6.45, 7) is 4.30. The predicted octanol–water partition coefficient (Wildman–Crippen LogP) is 4.95. The fourth-order valence-electron chi connectivity index (χ4n) is 4.65. The Morgan fingerprint density at radius 1 is 1.21 bits per heavy atom. The van der Waals surface area contributed by atoms with Crippen molar-refractivity contribution in [2.24, 2.45) is 11.8 Å². The van der Waals surface area contributed by atoms with Crippen LogP contribution >= 0.6 is 0 Å². The molecule has 0 radical (unpaired) electrons. The van der Waals surface area contributed by atoms with Gasteiger partial charge < -0.3 is 10.5 Å². The zero-order valence-corrected chi connectivity index (χ0v) is 17.1. The number of ether oxygens (including phenoxy) is 1. The van der Waals surface area contributed by atoms with Gasteiger partial charge in [-0.1, -0.05) is 13.3 Å². The van der Waals surface area contributed by atoms with Crippen molar-refractivity contribution in [3.63, 3.8) is 0 Å². The highest BCUT2D eigenvalue weighted by Gasteiger charge is 2.30. The van der Waals surface area contributed by atoms with E-state index in [2.05, 4.69) is 29.9 Å². The molecule has 0 bridgehead atoms. The van der Waals surface area contributed by atoms with Crippen LogP contribution < -0.4 is 10.5 Å². The number of pyridine rings is 2. The van der Waals surface area contributed by atoms with Gasteiger partial charge in [0.15, 0.2) is 5.78 Å². The number of carbonyl (C=O) groups excluding carboxylic acids is 1. The van der Waals surface area contributed by atoms with Crippen LogP contribution in [0, 0.1) is 18.8 Å². The number of nitrogens with two attached hydrogens (primary N) is 1. The van der Waals surface area contributed by atoms with Crippen LogP contribution in [0.5, 0.6) is 5.88 Å². The van der Waals surface area contributed by atoms with Crippen molar-refractivity contribution in [1.29, 1.82) is 0 Å². The molecule has 2 aromatic rings. The van der Waals surface area contributed by atoms with Crippen LogP contribution in [0.15, 0.2) is 30.6 Å². The summed E-state index contributed by atoms with van der Waals surface area (Å²) in [5.74, 6) is 2.95. The van der Waals surface area contributed by atoms with Crippen molar-refractivity contribution in [3.8, 4) is 5.88 Å². The Balaban J connectivity index is 1.61. The molecule has 1 fully saturated rings. The standard InChI is InChI=1S/C23H31N3O2/c1-4-16(13-21(27)19-9-10-22(24)26-14-19)17-5-7-18(8-6-17)20-11-12-25-23(28-3)15(20)2/h9-12,14,16-18H,4-8,13H2,1-3H3,(H2,24,26)/t16-,17?,18?/m0/s1. The lowest BCUT2D eigenvalue weighted by Crippen LogP contribution is -2.23. The highest BCUT2D eigenvalue weighted by molar-refractivity contribution is 5.96. The third-order valence-corrected chi connectivity index (χ3v) is 6.35. The number of nitrogen functional groups attached to an aromatic ring is 1.